The maximum atomic E-state index is 10.4. The van der Waals surface area contributed by atoms with Gasteiger partial charge in [-0.1, -0.05) is 12.1 Å². The Morgan fingerprint density at radius 2 is 1.29 bits per heavy atom. The average Bonchev–Trinajstić information content (AvgIpc) is 2.49. The summed E-state index contributed by atoms with van der Waals surface area (Å²) in [4.78, 5) is 20.7. The molecule has 2 N–H and O–H groups in total. The van der Waals surface area contributed by atoms with Gasteiger partial charge in [0.1, 0.15) is 11.5 Å². The van der Waals surface area contributed by atoms with Crippen LogP contribution in [0, 0.1) is 0 Å². The molecular weight excluding hydrogens is 271 g/mol. The number of rotatable bonds is 8. The normalized spacial score (nSPS) is 9.33. The SMILES string of the molecule is O=CNc1cccc(O[B]Oc2cccc(NC=O)c2)c1. The number of carbonyl (C=O) groups is 2. The largest absolute Gasteiger partial charge is 0.658 e. The second kappa shape index (κ2) is 7.59. The van der Waals surface area contributed by atoms with Crippen LogP contribution in [0.4, 0.5) is 11.4 Å². The Morgan fingerprint density at radius 3 is 1.71 bits per heavy atom. The van der Waals surface area contributed by atoms with Crippen molar-refractivity contribution in [1.29, 1.82) is 0 Å². The van der Waals surface area contributed by atoms with Crippen LogP contribution in [0.1, 0.15) is 0 Å². The molecule has 6 nitrogen and oxygen atoms in total. The van der Waals surface area contributed by atoms with Crippen molar-refractivity contribution in [2.45, 2.75) is 0 Å². The van der Waals surface area contributed by atoms with Crippen LogP contribution in [0.3, 0.4) is 0 Å². The summed E-state index contributed by atoms with van der Waals surface area (Å²) in [7, 11) is 1.17. The number of anilines is 2. The molecule has 2 amide bonds. The van der Waals surface area contributed by atoms with Crippen molar-refractivity contribution >= 4 is 31.9 Å². The second-order valence-electron chi connectivity index (χ2n) is 3.91. The van der Waals surface area contributed by atoms with E-state index >= 15 is 0 Å². The highest BCUT2D eigenvalue weighted by Gasteiger charge is 2.03. The predicted molar refractivity (Wildman–Crippen MR) is 79.3 cm³/mol. The number of hydrogen-bond donors (Lipinski definition) is 2. The molecule has 2 aromatic rings. The Morgan fingerprint density at radius 1 is 0.810 bits per heavy atom. The zero-order valence-corrected chi connectivity index (χ0v) is 11.0. The van der Waals surface area contributed by atoms with E-state index in [4.69, 9.17) is 9.31 Å². The van der Waals surface area contributed by atoms with E-state index < -0.39 is 0 Å². The fourth-order valence-electron chi connectivity index (χ4n) is 1.59. The van der Waals surface area contributed by atoms with E-state index in [2.05, 4.69) is 10.6 Å². The first kappa shape index (κ1) is 14.5. The Hall–Kier alpha value is -2.96. The number of hydrogen-bond acceptors (Lipinski definition) is 4. The minimum absolute atomic E-state index is 0.518. The smallest absolute Gasteiger partial charge is 0.526 e. The minimum atomic E-state index is 0.518. The number of nitrogens with one attached hydrogen (secondary N) is 2. The monoisotopic (exact) mass is 283 g/mol. The first-order valence-electron chi connectivity index (χ1n) is 6.07. The summed E-state index contributed by atoms with van der Waals surface area (Å²) in [6.07, 6.45) is 1.18. The van der Waals surface area contributed by atoms with Gasteiger partial charge in [-0.3, -0.25) is 9.59 Å². The summed E-state index contributed by atoms with van der Waals surface area (Å²) < 4.78 is 10.6. The molecule has 0 heterocycles. The van der Waals surface area contributed by atoms with Gasteiger partial charge in [0.05, 0.1) is 0 Å². The lowest BCUT2D eigenvalue weighted by Crippen LogP contribution is -2.11. The number of benzene rings is 2. The molecular formula is C14H12BN2O4. The van der Waals surface area contributed by atoms with Crippen molar-refractivity contribution in [1.82, 2.24) is 0 Å². The van der Waals surface area contributed by atoms with Gasteiger partial charge in [-0.25, -0.2) is 0 Å². The van der Waals surface area contributed by atoms with Crippen LogP contribution >= 0.6 is 0 Å². The Balaban J connectivity index is 1.89. The van der Waals surface area contributed by atoms with E-state index in [1.165, 1.54) is 7.69 Å². The van der Waals surface area contributed by atoms with Gasteiger partial charge in [0, 0.05) is 23.5 Å². The molecule has 0 aliphatic carbocycles. The van der Waals surface area contributed by atoms with E-state index in [0.717, 1.165) is 0 Å². The molecule has 0 aromatic heterocycles. The van der Waals surface area contributed by atoms with Gasteiger partial charge in [-0.05, 0) is 24.3 Å². The standard InChI is InChI=1S/C14H12BN2O4/c18-9-16-11-3-1-5-13(7-11)20-15-21-14-6-2-4-12(8-14)17-10-19/h1-10H,(H,16,18)(H,17,19). The predicted octanol–water partition coefficient (Wildman–Crippen LogP) is 1.82. The van der Waals surface area contributed by atoms with Gasteiger partial charge in [-0.15, -0.1) is 0 Å². The fraction of sp³-hybridized carbons (Fsp3) is 0. The molecule has 2 rings (SSSR count). The van der Waals surface area contributed by atoms with Gasteiger partial charge in [-0.2, -0.15) is 0 Å². The Bertz CT molecular complexity index is 568. The molecule has 0 saturated carbocycles. The molecule has 21 heavy (non-hydrogen) atoms. The summed E-state index contributed by atoms with van der Waals surface area (Å²) in [5.41, 5.74) is 1.24. The first-order chi connectivity index (χ1) is 10.3. The van der Waals surface area contributed by atoms with Crippen LogP contribution in [-0.2, 0) is 9.59 Å². The highest BCUT2D eigenvalue weighted by Crippen LogP contribution is 2.18. The van der Waals surface area contributed by atoms with Gasteiger partial charge < -0.3 is 19.9 Å². The van der Waals surface area contributed by atoms with Crippen molar-refractivity contribution in [2.24, 2.45) is 0 Å². The van der Waals surface area contributed by atoms with Gasteiger partial charge in [0.25, 0.3) is 0 Å². The van der Waals surface area contributed by atoms with Crippen molar-refractivity contribution in [2.75, 3.05) is 10.6 Å². The highest BCUT2D eigenvalue weighted by molar-refractivity contribution is 6.20. The van der Waals surface area contributed by atoms with Crippen LogP contribution in [-0.4, -0.2) is 20.5 Å². The molecule has 2 aromatic carbocycles. The Kier molecular flexibility index (Phi) is 5.22. The van der Waals surface area contributed by atoms with E-state index in [9.17, 15) is 9.59 Å². The van der Waals surface area contributed by atoms with Crippen molar-refractivity contribution in [3.05, 3.63) is 48.5 Å². The molecule has 105 valence electrons. The van der Waals surface area contributed by atoms with E-state index in [1.807, 2.05) is 0 Å². The third-order valence-electron chi connectivity index (χ3n) is 2.49. The molecule has 0 spiro atoms. The molecule has 0 aliphatic rings. The highest BCUT2D eigenvalue weighted by atomic mass is 16.6. The Labute approximate surface area is 122 Å². The van der Waals surface area contributed by atoms with Crippen LogP contribution in [0.15, 0.2) is 48.5 Å². The summed E-state index contributed by atoms with van der Waals surface area (Å²) in [5, 5.41) is 5.04. The van der Waals surface area contributed by atoms with Crippen LogP contribution in [0.2, 0.25) is 0 Å². The van der Waals surface area contributed by atoms with E-state index in [0.29, 0.717) is 35.7 Å². The fourth-order valence-corrected chi connectivity index (χ4v) is 1.59. The second-order valence-corrected chi connectivity index (χ2v) is 3.91. The lowest BCUT2D eigenvalue weighted by atomic mass is 10.2. The lowest BCUT2D eigenvalue weighted by Gasteiger charge is -2.08. The molecule has 0 fully saturated rings. The minimum Gasteiger partial charge on any atom is -0.526 e. The summed E-state index contributed by atoms with van der Waals surface area (Å²) in [5.74, 6) is 1.04. The molecule has 0 bridgehead atoms. The van der Waals surface area contributed by atoms with Crippen LogP contribution in [0.5, 0.6) is 11.5 Å². The van der Waals surface area contributed by atoms with Gasteiger partial charge >= 0.3 is 7.69 Å². The van der Waals surface area contributed by atoms with Crippen LogP contribution < -0.4 is 19.9 Å². The third-order valence-corrected chi connectivity index (χ3v) is 2.49. The first-order valence-corrected chi connectivity index (χ1v) is 6.07. The van der Waals surface area contributed by atoms with E-state index in [-0.39, 0.29) is 0 Å². The van der Waals surface area contributed by atoms with Crippen molar-refractivity contribution in [3.8, 4) is 11.5 Å². The van der Waals surface area contributed by atoms with Crippen molar-refractivity contribution < 1.29 is 18.9 Å². The summed E-state index contributed by atoms with van der Waals surface area (Å²) >= 11 is 0. The number of amides is 2. The zero-order chi connectivity index (χ0) is 14.9. The molecule has 0 unspecified atom stereocenters. The van der Waals surface area contributed by atoms with Gasteiger partial charge in [0.2, 0.25) is 12.8 Å². The van der Waals surface area contributed by atoms with E-state index in [1.54, 1.807) is 48.5 Å². The molecule has 7 heteroatoms. The van der Waals surface area contributed by atoms with Crippen LogP contribution in [0.25, 0.3) is 0 Å². The molecule has 0 atom stereocenters. The van der Waals surface area contributed by atoms with Crippen molar-refractivity contribution in [3.63, 3.8) is 0 Å². The average molecular weight is 283 g/mol. The third kappa shape index (κ3) is 4.57. The molecule has 0 aliphatic heterocycles. The molecule has 0 saturated heterocycles. The zero-order valence-electron chi connectivity index (χ0n) is 11.0. The van der Waals surface area contributed by atoms with Gasteiger partial charge in [0.15, 0.2) is 0 Å². The maximum absolute atomic E-state index is 10.4. The topological polar surface area (TPSA) is 76.7 Å². The summed E-state index contributed by atoms with van der Waals surface area (Å²) in [6, 6.07) is 13.7. The number of carbonyl (C=O) groups excluding carboxylic acids is 2. The lowest BCUT2D eigenvalue weighted by molar-refractivity contribution is -0.106. The quantitative estimate of drug-likeness (QED) is 0.572. The maximum Gasteiger partial charge on any atom is 0.658 e. The molecule has 1 radical (unpaired) electrons. The summed E-state index contributed by atoms with van der Waals surface area (Å²) in [6.45, 7) is 0.